The zero-order chi connectivity index (χ0) is 15.3. The quantitative estimate of drug-likeness (QED) is 0.888. The third kappa shape index (κ3) is 5.73. The topological polar surface area (TPSA) is 75.6 Å². The number of benzene rings is 1. The fourth-order valence-electron chi connectivity index (χ4n) is 1.70. The maximum Gasteiger partial charge on any atom is 0.407 e. The largest absolute Gasteiger partial charge is 0.478 e. The first kappa shape index (κ1) is 16.0. The van der Waals surface area contributed by atoms with Crippen LogP contribution in [0.2, 0.25) is 0 Å². The molecule has 1 aromatic rings. The molecule has 5 heteroatoms. The van der Waals surface area contributed by atoms with Crippen LogP contribution in [0.15, 0.2) is 24.3 Å². The van der Waals surface area contributed by atoms with Gasteiger partial charge in [-0.05, 0) is 51.8 Å². The predicted molar refractivity (Wildman–Crippen MR) is 75.9 cm³/mol. The van der Waals surface area contributed by atoms with E-state index >= 15 is 0 Å². The van der Waals surface area contributed by atoms with Crippen molar-refractivity contribution in [2.45, 2.75) is 45.8 Å². The molecule has 0 aliphatic rings. The number of aromatic carboxylic acids is 1. The molecule has 1 aromatic carbocycles. The summed E-state index contributed by atoms with van der Waals surface area (Å²) in [6.45, 7) is 7.29. The number of hydrogen-bond acceptors (Lipinski definition) is 3. The van der Waals surface area contributed by atoms with Gasteiger partial charge in [0.1, 0.15) is 5.60 Å². The molecule has 1 amide bonds. The molecule has 0 heterocycles. The van der Waals surface area contributed by atoms with Crippen LogP contribution in [0.1, 0.15) is 43.6 Å². The minimum atomic E-state index is -0.948. The lowest BCUT2D eigenvalue weighted by Gasteiger charge is -2.22. The molecule has 0 aromatic heterocycles. The minimum Gasteiger partial charge on any atom is -0.478 e. The highest BCUT2D eigenvalue weighted by atomic mass is 16.6. The van der Waals surface area contributed by atoms with Crippen LogP contribution in [0.3, 0.4) is 0 Å². The van der Waals surface area contributed by atoms with Gasteiger partial charge in [-0.15, -0.1) is 0 Å². The highest BCUT2D eigenvalue weighted by molar-refractivity contribution is 5.87. The molecule has 0 bridgehead atoms. The number of carbonyl (C=O) groups excluding carboxylic acids is 1. The zero-order valence-electron chi connectivity index (χ0n) is 12.3. The Bertz CT molecular complexity index is 474. The second-order valence-corrected chi connectivity index (χ2v) is 5.75. The average Bonchev–Trinajstić information content (AvgIpc) is 2.26. The number of rotatable bonds is 4. The summed E-state index contributed by atoms with van der Waals surface area (Å²) in [6, 6.07) is 6.50. The van der Waals surface area contributed by atoms with Crippen molar-refractivity contribution in [2.75, 3.05) is 0 Å². The van der Waals surface area contributed by atoms with Gasteiger partial charge in [-0.3, -0.25) is 0 Å². The monoisotopic (exact) mass is 279 g/mol. The van der Waals surface area contributed by atoms with Gasteiger partial charge in [0.2, 0.25) is 0 Å². The summed E-state index contributed by atoms with van der Waals surface area (Å²) >= 11 is 0. The van der Waals surface area contributed by atoms with Crippen molar-refractivity contribution >= 4 is 12.1 Å². The van der Waals surface area contributed by atoms with Gasteiger partial charge in [-0.1, -0.05) is 12.1 Å². The van der Waals surface area contributed by atoms with Crippen LogP contribution in [0, 0.1) is 0 Å². The molecule has 1 rings (SSSR count). The molecular formula is C15H21NO4. The normalized spacial score (nSPS) is 12.6. The van der Waals surface area contributed by atoms with Crippen molar-refractivity contribution in [3.8, 4) is 0 Å². The molecule has 110 valence electrons. The van der Waals surface area contributed by atoms with E-state index in [4.69, 9.17) is 9.84 Å². The smallest absolute Gasteiger partial charge is 0.407 e. The lowest BCUT2D eigenvalue weighted by Crippen LogP contribution is -2.38. The van der Waals surface area contributed by atoms with Gasteiger partial charge < -0.3 is 15.2 Å². The van der Waals surface area contributed by atoms with Gasteiger partial charge >= 0.3 is 12.1 Å². The summed E-state index contributed by atoms with van der Waals surface area (Å²) in [7, 11) is 0. The Morgan fingerprint density at radius 1 is 1.25 bits per heavy atom. The Morgan fingerprint density at radius 2 is 1.80 bits per heavy atom. The van der Waals surface area contributed by atoms with E-state index in [9.17, 15) is 9.59 Å². The lowest BCUT2D eigenvalue weighted by molar-refractivity contribution is 0.0508. The van der Waals surface area contributed by atoms with Crippen LogP contribution in [0.4, 0.5) is 4.79 Å². The van der Waals surface area contributed by atoms with E-state index in [1.807, 2.05) is 27.7 Å². The first-order chi connectivity index (χ1) is 9.17. The van der Waals surface area contributed by atoms with E-state index in [0.717, 1.165) is 5.56 Å². The molecule has 20 heavy (non-hydrogen) atoms. The predicted octanol–water partition coefficient (Wildman–Crippen LogP) is 2.84. The minimum absolute atomic E-state index is 0.0967. The molecule has 0 spiro atoms. The second kappa shape index (κ2) is 6.41. The van der Waals surface area contributed by atoms with Crippen LogP contribution < -0.4 is 5.32 Å². The summed E-state index contributed by atoms with van der Waals surface area (Å²) in [4.78, 5) is 22.3. The fraction of sp³-hybridized carbons (Fsp3) is 0.467. The van der Waals surface area contributed by atoms with Crippen molar-refractivity contribution in [2.24, 2.45) is 0 Å². The summed E-state index contributed by atoms with van der Waals surface area (Å²) in [6.07, 6.45) is 0.159. The van der Waals surface area contributed by atoms with Crippen LogP contribution in [0.25, 0.3) is 0 Å². The first-order valence-corrected chi connectivity index (χ1v) is 6.49. The zero-order valence-corrected chi connectivity index (χ0v) is 12.3. The SMILES string of the molecule is CC(Cc1ccc(C(=O)O)cc1)NC(=O)OC(C)(C)C. The van der Waals surface area contributed by atoms with Crippen LogP contribution >= 0.6 is 0 Å². The van der Waals surface area contributed by atoms with E-state index in [-0.39, 0.29) is 11.6 Å². The van der Waals surface area contributed by atoms with Gasteiger partial charge in [0.15, 0.2) is 0 Å². The van der Waals surface area contributed by atoms with Gasteiger partial charge in [-0.2, -0.15) is 0 Å². The summed E-state index contributed by atoms with van der Waals surface area (Å²) in [5, 5.41) is 11.6. The molecule has 5 nitrogen and oxygen atoms in total. The highest BCUT2D eigenvalue weighted by Gasteiger charge is 2.17. The van der Waals surface area contributed by atoms with Crippen molar-refractivity contribution < 1.29 is 19.4 Å². The Hall–Kier alpha value is -2.04. The van der Waals surface area contributed by atoms with E-state index in [2.05, 4.69) is 5.32 Å². The van der Waals surface area contributed by atoms with Crippen molar-refractivity contribution in [1.82, 2.24) is 5.32 Å². The molecule has 1 unspecified atom stereocenters. The Morgan fingerprint density at radius 3 is 2.25 bits per heavy atom. The Labute approximate surface area is 118 Å². The summed E-state index contributed by atoms with van der Waals surface area (Å²) < 4.78 is 5.17. The number of amides is 1. The van der Waals surface area contributed by atoms with E-state index in [0.29, 0.717) is 6.42 Å². The standard InChI is InChI=1S/C15H21NO4/c1-10(16-14(19)20-15(2,3)4)9-11-5-7-12(8-6-11)13(17)18/h5-8,10H,9H2,1-4H3,(H,16,19)(H,17,18). The molecule has 0 fully saturated rings. The maximum atomic E-state index is 11.6. The molecule has 0 saturated heterocycles. The fourth-order valence-corrected chi connectivity index (χ4v) is 1.70. The number of alkyl carbamates (subject to hydrolysis) is 1. The summed E-state index contributed by atoms with van der Waals surface area (Å²) in [5.74, 6) is -0.948. The number of hydrogen-bond donors (Lipinski definition) is 2. The third-order valence-corrected chi connectivity index (χ3v) is 2.51. The van der Waals surface area contributed by atoms with Crippen molar-refractivity contribution in [3.63, 3.8) is 0 Å². The number of ether oxygens (including phenoxy) is 1. The lowest BCUT2D eigenvalue weighted by atomic mass is 10.1. The van der Waals surface area contributed by atoms with Crippen molar-refractivity contribution in [1.29, 1.82) is 0 Å². The van der Waals surface area contributed by atoms with Gasteiger partial charge in [0.05, 0.1) is 5.56 Å². The number of carboxylic acid groups (broad SMARTS) is 1. The van der Waals surface area contributed by atoms with Crippen LogP contribution in [-0.4, -0.2) is 28.8 Å². The van der Waals surface area contributed by atoms with Crippen LogP contribution in [-0.2, 0) is 11.2 Å². The average molecular weight is 279 g/mol. The molecule has 1 atom stereocenters. The molecule has 0 aliphatic heterocycles. The maximum absolute atomic E-state index is 11.6. The first-order valence-electron chi connectivity index (χ1n) is 6.49. The highest BCUT2D eigenvalue weighted by Crippen LogP contribution is 2.09. The Balaban J connectivity index is 2.52. The van der Waals surface area contributed by atoms with Gasteiger partial charge in [0, 0.05) is 6.04 Å². The molecular weight excluding hydrogens is 258 g/mol. The number of carbonyl (C=O) groups is 2. The third-order valence-electron chi connectivity index (χ3n) is 2.51. The summed E-state index contributed by atoms with van der Waals surface area (Å²) in [5.41, 5.74) is 0.687. The van der Waals surface area contributed by atoms with E-state index in [1.54, 1.807) is 24.3 Å². The van der Waals surface area contributed by atoms with Crippen molar-refractivity contribution in [3.05, 3.63) is 35.4 Å². The Kier molecular flexibility index (Phi) is 5.13. The molecule has 0 aliphatic carbocycles. The second-order valence-electron chi connectivity index (χ2n) is 5.75. The van der Waals surface area contributed by atoms with E-state index < -0.39 is 17.7 Å². The van der Waals surface area contributed by atoms with E-state index in [1.165, 1.54) is 0 Å². The van der Waals surface area contributed by atoms with Crippen LogP contribution in [0.5, 0.6) is 0 Å². The number of carboxylic acids is 1. The molecule has 0 radical (unpaired) electrons. The van der Waals surface area contributed by atoms with Gasteiger partial charge in [-0.25, -0.2) is 9.59 Å². The molecule has 0 saturated carbocycles. The van der Waals surface area contributed by atoms with Gasteiger partial charge in [0.25, 0.3) is 0 Å². The number of nitrogens with one attached hydrogen (secondary N) is 1. The molecule has 2 N–H and O–H groups in total.